The van der Waals surface area contributed by atoms with Crippen LogP contribution in [-0.2, 0) is 11.3 Å². The molecule has 1 unspecified atom stereocenters. The molecule has 2 N–H and O–H groups in total. The second kappa shape index (κ2) is 11.4. The lowest BCUT2D eigenvalue weighted by Gasteiger charge is -2.17. The largest absolute Gasteiger partial charge is 0.454 e. The zero-order chi connectivity index (χ0) is 22.1. The van der Waals surface area contributed by atoms with E-state index in [0.717, 1.165) is 23.5 Å². The second-order valence-electron chi connectivity index (χ2n) is 6.89. The molecule has 1 aromatic heterocycles. The van der Waals surface area contributed by atoms with Crippen molar-refractivity contribution in [1.82, 2.24) is 15.8 Å². The molecule has 0 saturated heterocycles. The summed E-state index contributed by atoms with van der Waals surface area (Å²) in [5, 5.41) is -0.515. The lowest BCUT2D eigenvalue weighted by atomic mass is 10.1. The topological polar surface area (TPSA) is 74.6 Å². The number of carbonyl (C=O) groups excluding carboxylic acids is 2. The highest BCUT2D eigenvalue weighted by molar-refractivity contribution is 8.00. The number of amides is 2. The maximum atomic E-state index is 12.9. The number of carbonyl (C=O) groups is 2. The van der Waals surface area contributed by atoms with Crippen LogP contribution in [0.3, 0.4) is 0 Å². The summed E-state index contributed by atoms with van der Waals surface area (Å²) in [4.78, 5) is 28.5. The zero-order valence-corrected chi connectivity index (χ0v) is 18.5. The van der Waals surface area contributed by atoms with Crippen molar-refractivity contribution in [3.63, 3.8) is 0 Å². The highest BCUT2D eigenvalue weighted by Crippen LogP contribution is 2.35. The van der Waals surface area contributed by atoms with Crippen LogP contribution in [0, 0.1) is 0 Å². The third-order valence-electron chi connectivity index (χ3n) is 4.80. The molecule has 2 aromatic carbocycles. The van der Waals surface area contributed by atoms with E-state index in [-0.39, 0.29) is 11.7 Å². The van der Waals surface area contributed by atoms with E-state index in [1.54, 1.807) is 12.1 Å². The van der Waals surface area contributed by atoms with Gasteiger partial charge in [-0.05, 0) is 42.9 Å². The predicted molar refractivity (Wildman–Crippen MR) is 122 cm³/mol. The minimum absolute atomic E-state index is 0.162. The third-order valence-corrected chi connectivity index (χ3v) is 6.06. The molecule has 0 aliphatic rings. The Kier molecular flexibility index (Phi) is 8.32. The van der Waals surface area contributed by atoms with E-state index in [9.17, 15) is 9.59 Å². The standard InChI is InChI=1S/C24H27N3O3S/c1-3-27(4-2)17-19-15-16-21(30-19)23(28)25-26-24(29)22(18-11-7-5-8-12-18)31-20-13-9-6-10-14-20/h5-16,22H,3-4,17H2,1-2H3,(H,25,28)(H,26,29). The average Bonchev–Trinajstić information content (AvgIpc) is 3.29. The maximum Gasteiger partial charge on any atom is 0.305 e. The Morgan fingerprint density at radius 3 is 2.19 bits per heavy atom. The van der Waals surface area contributed by atoms with E-state index in [4.69, 9.17) is 4.42 Å². The molecule has 7 heteroatoms. The van der Waals surface area contributed by atoms with E-state index in [1.807, 2.05) is 60.7 Å². The molecule has 0 fully saturated rings. The second-order valence-corrected chi connectivity index (χ2v) is 8.07. The van der Waals surface area contributed by atoms with Gasteiger partial charge in [-0.25, -0.2) is 0 Å². The van der Waals surface area contributed by atoms with Gasteiger partial charge in [0.15, 0.2) is 5.76 Å². The van der Waals surface area contributed by atoms with E-state index in [1.165, 1.54) is 11.8 Å². The molecule has 3 rings (SSSR count). The van der Waals surface area contributed by atoms with Gasteiger partial charge in [0.25, 0.3) is 5.91 Å². The molecule has 0 spiro atoms. The molecular weight excluding hydrogens is 410 g/mol. The zero-order valence-electron chi connectivity index (χ0n) is 17.7. The first-order valence-electron chi connectivity index (χ1n) is 10.3. The van der Waals surface area contributed by atoms with E-state index in [0.29, 0.717) is 12.3 Å². The lowest BCUT2D eigenvalue weighted by molar-refractivity contribution is -0.121. The Labute approximate surface area is 187 Å². The van der Waals surface area contributed by atoms with Crippen LogP contribution < -0.4 is 10.9 Å². The Balaban J connectivity index is 1.64. The van der Waals surface area contributed by atoms with Gasteiger partial charge in [-0.15, -0.1) is 11.8 Å². The summed E-state index contributed by atoms with van der Waals surface area (Å²) in [7, 11) is 0. The molecule has 6 nitrogen and oxygen atoms in total. The Hall–Kier alpha value is -3.03. The highest BCUT2D eigenvalue weighted by atomic mass is 32.2. The fourth-order valence-corrected chi connectivity index (χ4v) is 4.08. The summed E-state index contributed by atoms with van der Waals surface area (Å²) >= 11 is 1.42. The first kappa shape index (κ1) is 22.7. The molecule has 3 aromatic rings. The summed E-state index contributed by atoms with van der Waals surface area (Å²) in [5.74, 6) is 0.0652. The number of benzene rings is 2. The van der Waals surface area contributed by atoms with E-state index in [2.05, 4.69) is 29.6 Å². The summed E-state index contributed by atoms with van der Waals surface area (Å²) in [6.45, 7) is 6.58. The molecular formula is C24H27N3O3S. The van der Waals surface area contributed by atoms with Gasteiger partial charge in [-0.3, -0.25) is 25.3 Å². The van der Waals surface area contributed by atoms with Crippen LogP contribution in [0.15, 0.2) is 82.1 Å². The van der Waals surface area contributed by atoms with Crippen LogP contribution >= 0.6 is 11.8 Å². The Morgan fingerprint density at radius 2 is 1.55 bits per heavy atom. The number of hydrogen-bond acceptors (Lipinski definition) is 5. The molecule has 1 heterocycles. The monoisotopic (exact) mass is 437 g/mol. The van der Waals surface area contributed by atoms with Crippen LogP contribution in [0.25, 0.3) is 0 Å². The molecule has 31 heavy (non-hydrogen) atoms. The van der Waals surface area contributed by atoms with Gasteiger partial charge < -0.3 is 4.42 Å². The number of furan rings is 1. The van der Waals surface area contributed by atoms with Crippen molar-refractivity contribution >= 4 is 23.6 Å². The van der Waals surface area contributed by atoms with Gasteiger partial charge in [0, 0.05) is 4.90 Å². The van der Waals surface area contributed by atoms with E-state index < -0.39 is 11.2 Å². The highest BCUT2D eigenvalue weighted by Gasteiger charge is 2.23. The minimum atomic E-state index is -0.515. The van der Waals surface area contributed by atoms with Gasteiger partial charge in [-0.1, -0.05) is 62.4 Å². The molecule has 0 saturated carbocycles. The first-order chi connectivity index (χ1) is 15.1. The number of rotatable bonds is 9. The number of nitrogens with zero attached hydrogens (tertiary/aromatic N) is 1. The fraction of sp³-hybridized carbons (Fsp3) is 0.250. The van der Waals surface area contributed by atoms with Crippen LogP contribution in [0.1, 0.15) is 41.0 Å². The number of hydrogen-bond donors (Lipinski definition) is 2. The van der Waals surface area contributed by atoms with E-state index >= 15 is 0 Å². The molecule has 162 valence electrons. The van der Waals surface area contributed by atoms with Crippen molar-refractivity contribution in [3.8, 4) is 0 Å². The Bertz CT molecular complexity index is 972. The first-order valence-corrected chi connectivity index (χ1v) is 11.2. The van der Waals surface area contributed by atoms with Crippen molar-refractivity contribution in [2.24, 2.45) is 0 Å². The van der Waals surface area contributed by atoms with Crippen molar-refractivity contribution in [3.05, 3.63) is 89.9 Å². The van der Waals surface area contributed by atoms with Gasteiger partial charge in [-0.2, -0.15) is 0 Å². The summed E-state index contributed by atoms with van der Waals surface area (Å²) in [6, 6.07) is 22.6. The quantitative estimate of drug-likeness (QED) is 0.383. The van der Waals surface area contributed by atoms with Crippen molar-refractivity contribution in [1.29, 1.82) is 0 Å². The van der Waals surface area contributed by atoms with Crippen LogP contribution in [0.2, 0.25) is 0 Å². The van der Waals surface area contributed by atoms with Gasteiger partial charge in [0.2, 0.25) is 0 Å². The fourth-order valence-electron chi connectivity index (χ4n) is 3.03. The molecule has 2 amide bonds. The smallest absolute Gasteiger partial charge is 0.305 e. The van der Waals surface area contributed by atoms with Gasteiger partial charge >= 0.3 is 5.91 Å². The van der Waals surface area contributed by atoms with Crippen LogP contribution in [0.5, 0.6) is 0 Å². The Morgan fingerprint density at radius 1 is 0.903 bits per heavy atom. The summed E-state index contributed by atoms with van der Waals surface area (Å²) < 4.78 is 5.64. The summed E-state index contributed by atoms with van der Waals surface area (Å²) in [6.07, 6.45) is 0. The molecule has 0 radical (unpaired) electrons. The summed E-state index contributed by atoms with van der Waals surface area (Å²) in [5.41, 5.74) is 5.86. The molecule has 0 aliphatic carbocycles. The lowest BCUT2D eigenvalue weighted by Crippen LogP contribution is -2.43. The average molecular weight is 438 g/mol. The van der Waals surface area contributed by atoms with Crippen molar-refractivity contribution in [2.75, 3.05) is 13.1 Å². The normalized spacial score (nSPS) is 11.8. The molecule has 1 atom stereocenters. The van der Waals surface area contributed by atoms with Crippen LogP contribution in [0.4, 0.5) is 0 Å². The molecule has 0 bridgehead atoms. The van der Waals surface area contributed by atoms with Gasteiger partial charge in [0.05, 0.1) is 6.54 Å². The minimum Gasteiger partial charge on any atom is -0.454 e. The maximum absolute atomic E-state index is 12.9. The van der Waals surface area contributed by atoms with Crippen molar-refractivity contribution in [2.45, 2.75) is 30.5 Å². The number of nitrogens with one attached hydrogen (secondary N) is 2. The van der Waals surface area contributed by atoms with Crippen LogP contribution in [-0.4, -0.2) is 29.8 Å². The van der Waals surface area contributed by atoms with Gasteiger partial charge in [0.1, 0.15) is 11.0 Å². The number of hydrazine groups is 1. The van der Waals surface area contributed by atoms with Crippen molar-refractivity contribution < 1.29 is 14.0 Å². The third kappa shape index (κ3) is 6.47. The molecule has 0 aliphatic heterocycles. The number of thioether (sulfide) groups is 1. The SMILES string of the molecule is CCN(CC)Cc1ccc(C(=O)NNC(=O)C(Sc2ccccc2)c2ccccc2)o1. The predicted octanol–water partition coefficient (Wildman–Crippen LogP) is 4.42.